The molecule has 7 rings (SSSR count). The second-order valence-electron chi connectivity index (χ2n) is 12.8. The molecule has 0 saturated heterocycles. The van der Waals surface area contributed by atoms with Crippen LogP contribution < -0.4 is 5.32 Å². The summed E-state index contributed by atoms with van der Waals surface area (Å²) < 4.78 is 9.30. The molecule has 0 saturated carbocycles. The summed E-state index contributed by atoms with van der Waals surface area (Å²) in [4.78, 5) is 19.1. The van der Waals surface area contributed by atoms with Gasteiger partial charge in [-0.15, -0.1) is 0 Å². The highest BCUT2D eigenvalue weighted by molar-refractivity contribution is 6.76. The van der Waals surface area contributed by atoms with E-state index in [0.29, 0.717) is 24.5 Å². The average molecular weight is 625 g/mol. The summed E-state index contributed by atoms with van der Waals surface area (Å²) in [5.74, 6) is 0.453. The van der Waals surface area contributed by atoms with Crippen LogP contribution in [-0.4, -0.2) is 45.1 Å². The van der Waals surface area contributed by atoms with Crippen LogP contribution in [0.2, 0.25) is 25.7 Å². The average Bonchev–Trinajstić information content (AvgIpc) is 3.68. The Balaban J connectivity index is 1.31. The third kappa shape index (κ3) is 6.07. The summed E-state index contributed by atoms with van der Waals surface area (Å²) in [5, 5.41) is 14.2. The Morgan fingerprint density at radius 2 is 1.61 bits per heavy atom. The van der Waals surface area contributed by atoms with Crippen molar-refractivity contribution >= 4 is 36.3 Å². The Morgan fingerprint density at radius 1 is 0.848 bits per heavy atom. The van der Waals surface area contributed by atoms with E-state index in [9.17, 15) is 4.79 Å². The first kappa shape index (κ1) is 29.6. The minimum absolute atomic E-state index is 0.194. The molecule has 0 amide bonds. The van der Waals surface area contributed by atoms with E-state index in [4.69, 9.17) is 14.9 Å². The minimum Gasteiger partial charge on any atom is -0.360 e. The predicted molar refractivity (Wildman–Crippen MR) is 186 cm³/mol. The van der Waals surface area contributed by atoms with E-state index < -0.39 is 8.07 Å². The lowest BCUT2D eigenvalue weighted by atomic mass is 9.92. The Bertz CT molecular complexity index is 2060. The largest absolute Gasteiger partial charge is 0.360 e. The molecule has 0 aliphatic carbocycles. The quantitative estimate of drug-likeness (QED) is 0.123. The number of pyridine rings is 1. The van der Waals surface area contributed by atoms with Crippen molar-refractivity contribution in [2.24, 2.45) is 0 Å². The van der Waals surface area contributed by atoms with Crippen LogP contribution in [-0.2, 0) is 17.9 Å². The molecule has 4 heterocycles. The lowest BCUT2D eigenvalue weighted by molar-refractivity contribution is 0.0788. The predicted octanol–water partition coefficient (Wildman–Crippen LogP) is 7.99. The number of anilines is 1. The molecular formula is C37H36N6O2Si. The third-order valence-electron chi connectivity index (χ3n) is 8.17. The molecule has 1 aliphatic heterocycles. The van der Waals surface area contributed by atoms with E-state index in [2.05, 4.69) is 42.1 Å². The molecule has 46 heavy (non-hydrogen) atoms. The fraction of sp³-hybridized carbons (Fsp3) is 0.189. The molecule has 0 spiro atoms. The van der Waals surface area contributed by atoms with E-state index in [1.165, 1.54) is 0 Å². The van der Waals surface area contributed by atoms with Crippen LogP contribution in [0, 0.1) is 0 Å². The minimum atomic E-state index is -1.18. The van der Waals surface area contributed by atoms with Crippen molar-refractivity contribution in [1.82, 2.24) is 24.5 Å². The van der Waals surface area contributed by atoms with Gasteiger partial charge in [0, 0.05) is 61.8 Å². The number of aromatic nitrogens is 5. The smallest absolute Gasteiger partial charge is 0.280 e. The third-order valence-corrected chi connectivity index (χ3v) is 9.88. The van der Waals surface area contributed by atoms with Crippen LogP contribution in [0.5, 0.6) is 0 Å². The number of allylic oxidation sites excluding steroid dienone is 2. The molecule has 0 bridgehead atoms. The van der Waals surface area contributed by atoms with E-state index in [1.807, 2.05) is 91.1 Å². The number of hydrogen-bond acceptors (Lipinski definition) is 6. The van der Waals surface area contributed by atoms with Crippen molar-refractivity contribution in [2.75, 3.05) is 11.9 Å². The van der Waals surface area contributed by atoms with Crippen molar-refractivity contribution in [3.05, 3.63) is 126 Å². The highest BCUT2D eigenvalue weighted by Gasteiger charge is 2.33. The Hall–Kier alpha value is -5.12. The number of benzene rings is 3. The number of ether oxygens (including phenoxy) is 1. The first-order valence-corrected chi connectivity index (χ1v) is 19.3. The maximum absolute atomic E-state index is 14.6. The number of carbonyl (C=O) groups excluding carboxylic acids is 1. The SMILES string of the molecule is C[Si](C)(C)CCOCn1ccc(NC2=C(c3ccc4ncccc4c3)C(=O)n3nc(-c4ccccc4)c(-c4ccccc4)c3C2)n1. The lowest BCUT2D eigenvalue weighted by Crippen LogP contribution is -2.26. The van der Waals surface area contributed by atoms with E-state index in [-0.39, 0.29) is 5.91 Å². The summed E-state index contributed by atoms with van der Waals surface area (Å²) >= 11 is 0. The van der Waals surface area contributed by atoms with Crippen molar-refractivity contribution in [3.8, 4) is 22.4 Å². The number of hydrogen-bond donors (Lipinski definition) is 1. The van der Waals surface area contributed by atoms with Crippen molar-refractivity contribution in [3.63, 3.8) is 0 Å². The molecule has 3 aromatic carbocycles. The standard InChI is InChI=1S/C37H36N6O2Si/c1-46(2,3)22-21-45-25-42-20-18-33(40-42)39-31-24-32-35(26-11-6-4-7-12-26)36(27-13-8-5-9-14-27)41-43(32)37(44)34(31)29-16-17-30-28(23-29)15-10-19-38-30/h4-20,23H,21-22,24-25H2,1-3H3,(H,39,40). The zero-order chi connectivity index (χ0) is 31.7. The van der Waals surface area contributed by atoms with Crippen LogP contribution in [0.15, 0.2) is 115 Å². The summed E-state index contributed by atoms with van der Waals surface area (Å²) in [5.41, 5.74) is 7.51. The fourth-order valence-electron chi connectivity index (χ4n) is 5.81. The number of nitrogens with one attached hydrogen (secondary N) is 1. The van der Waals surface area contributed by atoms with Crippen molar-refractivity contribution in [2.45, 2.75) is 38.8 Å². The second kappa shape index (κ2) is 12.3. The van der Waals surface area contributed by atoms with Gasteiger partial charge in [-0.2, -0.15) is 14.9 Å². The Kier molecular flexibility index (Phi) is 7.94. The molecular weight excluding hydrogens is 589 g/mol. The van der Waals surface area contributed by atoms with Crippen LogP contribution >= 0.6 is 0 Å². The maximum Gasteiger partial charge on any atom is 0.280 e. The number of nitrogens with zero attached hydrogens (tertiary/aromatic N) is 5. The van der Waals surface area contributed by atoms with Crippen LogP contribution in [0.1, 0.15) is 16.1 Å². The summed E-state index contributed by atoms with van der Waals surface area (Å²) in [6, 6.07) is 33.1. The van der Waals surface area contributed by atoms with Gasteiger partial charge in [-0.3, -0.25) is 9.78 Å². The zero-order valence-electron chi connectivity index (χ0n) is 26.3. The Morgan fingerprint density at radius 3 is 2.37 bits per heavy atom. The van der Waals surface area contributed by atoms with E-state index in [1.54, 1.807) is 15.6 Å². The number of fused-ring (bicyclic) bond motifs is 2. The fourth-order valence-corrected chi connectivity index (χ4v) is 6.56. The molecule has 3 aromatic heterocycles. The van der Waals surface area contributed by atoms with Gasteiger partial charge in [0.2, 0.25) is 0 Å². The molecule has 6 aromatic rings. The zero-order valence-corrected chi connectivity index (χ0v) is 27.3. The summed E-state index contributed by atoms with van der Waals surface area (Å²) in [6.45, 7) is 8.11. The summed E-state index contributed by atoms with van der Waals surface area (Å²) in [7, 11) is -1.18. The first-order chi connectivity index (χ1) is 22.3. The molecule has 0 atom stereocenters. The highest BCUT2D eigenvalue weighted by atomic mass is 28.3. The Labute approximate surface area is 269 Å². The lowest BCUT2D eigenvalue weighted by Gasteiger charge is -2.22. The van der Waals surface area contributed by atoms with Crippen LogP contribution in [0.25, 0.3) is 38.9 Å². The van der Waals surface area contributed by atoms with Crippen molar-refractivity contribution < 1.29 is 9.53 Å². The highest BCUT2D eigenvalue weighted by Crippen LogP contribution is 2.40. The van der Waals surface area contributed by atoms with Gasteiger partial charge < -0.3 is 10.1 Å². The van der Waals surface area contributed by atoms with E-state index >= 15 is 0 Å². The van der Waals surface area contributed by atoms with Gasteiger partial charge in [0.15, 0.2) is 5.82 Å². The van der Waals surface area contributed by atoms with Crippen LogP contribution in [0.3, 0.4) is 0 Å². The molecule has 9 heteroatoms. The number of carbonyl (C=O) groups is 1. The van der Waals surface area contributed by atoms with Gasteiger partial charge in [0.05, 0.1) is 16.8 Å². The molecule has 230 valence electrons. The van der Waals surface area contributed by atoms with E-state index in [0.717, 1.165) is 62.9 Å². The molecule has 0 unspecified atom stereocenters. The molecule has 0 fully saturated rings. The van der Waals surface area contributed by atoms with Gasteiger partial charge in [0.25, 0.3) is 5.91 Å². The molecule has 8 nitrogen and oxygen atoms in total. The van der Waals surface area contributed by atoms with Gasteiger partial charge in [0.1, 0.15) is 12.4 Å². The first-order valence-electron chi connectivity index (χ1n) is 15.6. The monoisotopic (exact) mass is 624 g/mol. The van der Waals surface area contributed by atoms with Gasteiger partial charge in [-0.25, -0.2) is 4.68 Å². The normalized spacial score (nSPS) is 13.3. The maximum atomic E-state index is 14.6. The van der Waals surface area contributed by atoms with Gasteiger partial charge in [-0.1, -0.05) is 92.4 Å². The second-order valence-corrected chi connectivity index (χ2v) is 18.4. The topological polar surface area (TPSA) is 86.9 Å². The van der Waals surface area contributed by atoms with Gasteiger partial charge >= 0.3 is 0 Å². The molecule has 1 N–H and O–H groups in total. The number of rotatable bonds is 10. The van der Waals surface area contributed by atoms with Crippen LogP contribution in [0.4, 0.5) is 5.82 Å². The van der Waals surface area contributed by atoms with Gasteiger partial charge in [-0.05, 0) is 35.4 Å². The molecule has 1 aliphatic rings. The molecule has 0 radical (unpaired) electrons. The van der Waals surface area contributed by atoms with Crippen molar-refractivity contribution in [1.29, 1.82) is 0 Å². The summed E-state index contributed by atoms with van der Waals surface area (Å²) in [6.07, 6.45) is 4.13.